The Morgan fingerprint density at radius 3 is 2.94 bits per heavy atom. The second kappa shape index (κ2) is 4.45. The molecule has 2 aliphatic heterocycles. The summed E-state index contributed by atoms with van der Waals surface area (Å²) in [6.07, 6.45) is 0.140. The minimum Gasteiger partial charge on any atom is -0.484 e. The van der Waals surface area contributed by atoms with Crippen LogP contribution in [0.3, 0.4) is 0 Å². The van der Waals surface area contributed by atoms with Crippen LogP contribution in [0.4, 0.5) is 5.69 Å². The van der Waals surface area contributed by atoms with E-state index in [1.165, 1.54) is 0 Å². The van der Waals surface area contributed by atoms with Crippen molar-refractivity contribution < 1.29 is 9.47 Å². The topological polar surface area (TPSA) is 33.7 Å². The average molecular weight is 234 g/mol. The van der Waals surface area contributed by atoms with Gasteiger partial charge in [0.1, 0.15) is 12.7 Å². The first-order chi connectivity index (χ1) is 8.34. The van der Waals surface area contributed by atoms with Crippen LogP contribution in [0.25, 0.3) is 0 Å². The van der Waals surface area contributed by atoms with Gasteiger partial charge in [0.15, 0.2) is 11.5 Å². The molecule has 1 fully saturated rings. The van der Waals surface area contributed by atoms with Gasteiger partial charge in [-0.15, -0.1) is 0 Å². The van der Waals surface area contributed by atoms with E-state index in [0.717, 1.165) is 43.4 Å². The van der Waals surface area contributed by atoms with Crippen molar-refractivity contribution in [1.29, 1.82) is 0 Å². The van der Waals surface area contributed by atoms with Gasteiger partial charge in [-0.2, -0.15) is 0 Å². The Morgan fingerprint density at radius 2 is 2.12 bits per heavy atom. The summed E-state index contributed by atoms with van der Waals surface area (Å²) in [5.41, 5.74) is 1.16. The monoisotopic (exact) mass is 234 g/mol. The molecule has 1 atom stereocenters. The quantitative estimate of drug-likeness (QED) is 0.793. The van der Waals surface area contributed by atoms with Crippen LogP contribution < -0.4 is 19.7 Å². The first kappa shape index (κ1) is 10.7. The zero-order valence-corrected chi connectivity index (χ0v) is 10.1. The van der Waals surface area contributed by atoms with Crippen molar-refractivity contribution in [3.63, 3.8) is 0 Å². The van der Waals surface area contributed by atoms with Gasteiger partial charge >= 0.3 is 0 Å². The number of hydrogen-bond donors (Lipinski definition) is 1. The van der Waals surface area contributed by atoms with Crippen LogP contribution in [0.5, 0.6) is 11.5 Å². The van der Waals surface area contributed by atoms with Gasteiger partial charge in [-0.25, -0.2) is 0 Å². The molecule has 4 heteroatoms. The fourth-order valence-corrected chi connectivity index (χ4v) is 2.35. The molecule has 0 aromatic heterocycles. The van der Waals surface area contributed by atoms with E-state index < -0.39 is 0 Å². The number of ether oxygens (including phenoxy) is 2. The van der Waals surface area contributed by atoms with Gasteiger partial charge in [-0.05, 0) is 19.1 Å². The molecule has 4 nitrogen and oxygen atoms in total. The SMILES string of the molecule is C[C@@H]1COc2c(cccc2N2CCNCC2)O1. The molecule has 1 aromatic rings. The lowest BCUT2D eigenvalue weighted by molar-refractivity contribution is 0.104. The Labute approximate surface area is 102 Å². The molecule has 0 unspecified atom stereocenters. The van der Waals surface area contributed by atoms with E-state index in [9.17, 15) is 0 Å². The molecule has 0 spiro atoms. The second-order valence-electron chi connectivity index (χ2n) is 4.58. The summed E-state index contributed by atoms with van der Waals surface area (Å²) in [6.45, 7) is 6.77. The third-order valence-corrected chi connectivity index (χ3v) is 3.21. The van der Waals surface area contributed by atoms with E-state index >= 15 is 0 Å². The molecule has 0 aliphatic carbocycles. The van der Waals surface area contributed by atoms with Crippen molar-refractivity contribution in [3.8, 4) is 11.5 Å². The van der Waals surface area contributed by atoms with Crippen molar-refractivity contribution in [1.82, 2.24) is 5.32 Å². The maximum Gasteiger partial charge on any atom is 0.184 e. The average Bonchev–Trinajstić information content (AvgIpc) is 2.39. The van der Waals surface area contributed by atoms with Crippen molar-refractivity contribution in [2.45, 2.75) is 13.0 Å². The fraction of sp³-hybridized carbons (Fsp3) is 0.538. The first-order valence-corrected chi connectivity index (χ1v) is 6.23. The predicted molar refractivity (Wildman–Crippen MR) is 67.1 cm³/mol. The Morgan fingerprint density at radius 1 is 1.29 bits per heavy atom. The van der Waals surface area contributed by atoms with E-state index in [2.05, 4.69) is 16.3 Å². The summed E-state index contributed by atoms with van der Waals surface area (Å²) < 4.78 is 11.6. The second-order valence-corrected chi connectivity index (χ2v) is 4.58. The standard InChI is InChI=1S/C13H18N2O2/c1-10-9-16-13-11(3-2-4-12(13)17-10)15-7-5-14-6-8-15/h2-4,10,14H,5-9H2,1H3/t10-/m1/s1. The number of para-hydroxylation sites is 1. The lowest BCUT2D eigenvalue weighted by Gasteiger charge is -2.33. The largest absolute Gasteiger partial charge is 0.484 e. The lowest BCUT2D eigenvalue weighted by atomic mass is 10.2. The summed E-state index contributed by atoms with van der Waals surface area (Å²) in [7, 11) is 0. The zero-order valence-electron chi connectivity index (χ0n) is 10.1. The number of nitrogens with one attached hydrogen (secondary N) is 1. The van der Waals surface area contributed by atoms with Crippen molar-refractivity contribution >= 4 is 5.69 Å². The van der Waals surface area contributed by atoms with Crippen LogP contribution in [0, 0.1) is 0 Å². The van der Waals surface area contributed by atoms with Crippen LogP contribution >= 0.6 is 0 Å². The molecule has 2 heterocycles. The highest BCUT2D eigenvalue weighted by atomic mass is 16.6. The first-order valence-electron chi connectivity index (χ1n) is 6.23. The summed E-state index contributed by atoms with van der Waals surface area (Å²) in [5.74, 6) is 1.78. The predicted octanol–water partition coefficient (Wildman–Crippen LogP) is 1.26. The lowest BCUT2D eigenvalue weighted by Crippen LogP contribution is -2.44. The molecule has 0 saturated carbocycles. The maximum absolute atomic E-state index is 5.83. The minimum absolute atomic E-state index is 0.140. The van der Waals surface area contributed by atoms with Crippen LogP contribution in [0.15, 0.2) is 18.2 Å². The summed E-state index contributed by atoms with van der Waals surface area (Å²) in [5, 5.41) is 3.36. The number of hydrogen-bond acceptors (Lipinski definition) is 4. The van der Waals surface area contributed by atoms with Gasteiger partial charge < -0.3 is 19.7 Å². The molecule has 17 heavy (non-hydrogen) atoms. The third-order valence-electron chi connectivity index (χ3n) is 3.21. The molecular formula is C13H18N2O2. The molecule has 0 radical (unpaired) electrons. The normalized spacial score (nSPS) is 23.6. The van der Waals surface area contributed by atoms with E-state index in [1.54, 1.807) is 0 Å². The zero-order chi connectivity index (χ0) is 11.7. The number of piperazine rings is 1. The van der Waals surface area contributed by atoms with Crippen LogP contribution in [0.1, 0.15) is 6.92 Å². The van der Waals surface area contributed by atoms with Gasteiger partial charge in [0.25, 0.3) is 0 Å². The highest BCUT2D eigenvalue weighted by molar-refractivity contribution is 5.65. The van der Waals surface area contributed by atoms with Gasteiger partial charge in [0, 0.05) is 26.2 Å². The van der Waals surface area contributed by atoms with Gasteiger partial charge in [-0.1, -0.05) is 6.07 Å². The van der Waals surface area contributed by atoms with E-state index in [1.807, 2.05) is 19.1 Å². The molecule has 1 aromatic carbocycles. The molecule has 3 rings (SSSR count). The van der Waals surface area contributed by atoms with Crippen molar-refractivity contribution in [2.24, 2.45) is 0 Å². The summed E-state index contributed by atoms with van der Waals surface area (Å²) in [4.78, 5) is 2.36. The van der Waals surface area contributed by atoms with Crippen LogP contribution in [-0.4, -0.2) is 38.9 Å². The molecule has 1 N–H and O–H groups in total. The number of rotatable bonds is 1. The molecule has 0 amide bonds. The number of nitrogens with zero attached hydrogens (tertiary/aromatic N) is 1. The minimum atomic E-state index is 0.140. The Bertz CT molecular complexity index is 402. The van der Waals surface area contributed by atoms with Gasteiger partial charge in [0.2, 0.25) is 0 Å². The van der Waals surface area contributed by atoms with Gasteiger partial charge in [0.05, 0.1) is 5.69 Å². The molecule has 92 valence electrons. The van der Waals surface area contributed by atoms with E-state index in [-0.39, 0.29) is 6.10 Å². The van der Waals surface area contributed by atoms with Crippen molar-refractivity contribution in [2.75, 3.05) is 37.7 Å². The molecule has 1 saturated heterocycles. The summed E-state index contributed by atoms with van der Waals surface area (Å²) in [6, 6.07) is 6.14. The fourth-order valence-electron chi connectivity index (χ4n) is 2.35. The molecular weight excluding hydrogens is 216 g/mol. The number of fused-ring (bicyclic) bond motifs is 1. The summed E-state index contributed by atoms with van der Waals surface area (Å²) >= 11 is 0. The Hall–Kier alpha value is -1.42. The third kappa shape index (κ3) is 2.05. The highest BCUT2D eigenvalue weighted by Gasteiger charge is 2.23. The highest BCUT2D eigenvalue weighted by Crippen LogP contribution is 2.40. The van der Waals surface area contributed by atoms with Crippen LogP contribution in [-0.2, 0) is 0 Å². The Kier molecular flexibility index (Phi) is 2.81. The number of anilines is 1. The molecule has 2 aliphatic rings. The Balaban J connectivity index is 1.91. The van der Waals surface area contributed by atoms with E-state index in [4.69, 9.17) is 9.47 Å². The van der Waals surface area contributed by atoms with Crippen molar-refractivity contribution in [3.05, 3.63) is 18.2 Å². The van der Waals surface area contributed by atoms with E-state index in [0.29, 0.717) is 6.61 Å². The van der Waals surface area contributed by atoms with Crippen LogP contribution in [0.2, 0.25) is 0 Å². The smallest absolute Gasteiger partial charge is 0.184 e. The van der Waals surface area contributed by atoms with Gasteiger partial charge in [-0.3, -0.25) is 0 Å². The molecule has 0 bridgehead atoms. The number of benzene rings is 1. The maximum atomic E-state index is 5.83.